The van der Waals surface area contributed by atoms with Crippen LogP contribution in [0.15, 0.2) is 29.2 Å². The van der Waals surface area contributed by atoms with E-state index in [2.05, 4.69) is 0 Å². The second-order valence-corrected chi connectivity index (χ2v) is 8.36. The molecule has 1 aromatic carbocycles. The highest BCUT2D eigenvalue weighted by molar-refractivity contribution is 8.13. The SMILES string of the molecule is CC(=O)SCC1CC(=O)N(c2cccc(S(C)(=O)=O)c2)C1. The molecule has 0 aromatic heterocycles. The second kappa shape index (κ2) is 6.19. The van der Waals surface area contributed by atoms with Crippen molar-refractivity contribution in [2.75, 3.05) is 23.5 Å². The monoisotopic (exact) mass is 327 g/mol. The largest absolute Gasteiger partial charge is 0.312 e. The third-order valence-corrected chi connectivity index (χ3v) is 5.44. The molecule has 21 heavy (non-hydrogen) atoms. The molecule has 1 unspecified atom stereocenters. The Hall–Kier alpha value is -1.34. The maximum absolute atomic E-state index is 12.1. The molecule has 5 nitrogen and oxygen atoms in total. The number of rotatable bonds is 4. The number of carbonyl (C=O) groups is 2. The normalized spacial score (nSPS) is 19.0. The molecule has 1 amide bonds. The van der Waals surface area contributed by atoms with Gasteiger partial charge >= 0.3 is 0 Å². The van der Waals surface area contributed by atoms with E-state index >= 15 is 0 Å². The van der Waals surface area contributed by atoms with Crippen molar-refractivity contribution in [2.45, 2.75) is 18.2 Å². The van der Waals surface area contributed by atoms with E-state index in [1.54, 1.807) is 17.0 Å². The van der Waals surface area contributed by atoms with Gasteiger partial charge in [0.25, 0.3) is 0 Å². The highest BCUT2D eigenvalue weighted by Gasteiger charge is 2.31. The minimum Gasteiger partial charge on any atom is -0.312 e. The van der Waals surface area contributed by atoms with Crippen LogP contribution in [0.4, 0.5) is 5.69 Å². The summed E-state index contributed by atoms with van der Waals surface area (Å²) in [5, 5.41) is 0.0416. The van der Waals surface area contributed by atoms with Crippen molar-refractivity contribution in [3.8, 4) is 0 Å². The molecule has 1 aromatic rings. The summed E-state index contributed by atoms with van der Waals surface area (Å²) in [6.45, 7) is 2.03. The van der Waals surface area contributed by atoms with Gasteiger partial charge < -0.3 is 4.90 Å². The van der Waals surface area contributed by atoms with E-state index in [1.165, 1.54) is 30.8 Å². The van der Waals surface area contributed by atoms with Gasteiger partial charge in [-0.15, -0.1) is 0 Å². The van der Waals surface area contributed by atoms with E-state index in [0.29, 0.717) is 24.4 Å². The van der Waals surface area contributed by atoms with Crippen LogP contribution in [0.5, 0.6) is 0 Å². The Morgan fingerprint density at radius 1 is 1.43 bits per heavy atom. The summed E-state index contributed by atoms with van der Waals surface area (Å²) in [7, 11) is -3.29. The van der Waals surface area contributed by atoms with Gasteiger partial charge in [0.05, 0.1) is 4.90 Å². The Morgan fingerprint density at radius 3 is 2.76 bits per heavy atom. The molecular formula is C14H17NO4S2. The zero-order valence-corrected chi connectivity index (χ0v) is 13.5. The molecule has 7 heteroatoms. The van der Waals surface area contributed by atoms with E-state index in [-0.39, 0.29) is 21.8 Å². The van der Waals surface area contributed by atoms with Gasteiger partial charge in [-0.3, -0.25) is 9.59 Å². The molecule has 0 bridgehead atoms. The third kappa shape index (κ3) is 4.07. The van der Waals surface area contributed by atoms with E-state index in [1.807, 2.05) is 0 Å². The van der Waals surface area contributed by atoms with Crippen molar-refractivity contribution in [1.29, 1.82) is 0 Å². The molecule has 1 atom stereocenters. The Morgan fingerprint density at radius 2 is 2.14 bits per heavy atom. The fourth-order valence-corrected chi connectivity index (χ4v) is 3.61. The lowest BCUT2D eigenvalue weighted by Gasteiger charge is -2.17. The van der Waals surface area contributed by atoms with Crippen LogP contribution >= 0.6 is 11.8 Å². The molecule has 0 radical (unpaired) electrons. The Bertz CT molecular complexity index is 669. The zero-order valence-electron chi connectivity index (χ0n) is 11.9. The molecule has 114 valence electrons. The maximum Gasteiger partial charge on any atom is 0.227 e. The molecule has 0 spiro atoms. The number of carbonyl (C=O) groups excluding carboxylic acids is 2. The molecule has 0 saturated carbocycles. The number of hydrogen-bond acceptors (Lipinski definition) is 5. The van der Waals surface area contributed by atoms with Crippen LogP contribution in [-0.4, -0.2) is 38.0 Å². The number of nitrogens with zero attached hydrogens (tertiary/aromatic N) is 1. The Balaban J connectivity index is 2.15. The van der Waals surface area contributed by atoms with Crippen LogP contribution in [0.2, 0.25) is 0 Å². The smallest absolute Gasteiger partial charge is 0.227 e. The fourth-order valence-electron chi connectivity index (χ4n) is 2.26. The molecule has 2 rings (SSSR count). The molecule has 0 N–H and O–H groups in total. The first-order valence-corrected chi connectivity index (χ1v) is 9.39. The van der Waals surface area contributed by atoms with Crippen molar-refractivity contribution in [3.05, 3.63) is 24.3 Å². The van der Waals surface area contributed by atoms with Crippen LogP contribution < -0.4 is 4.90 Å². The Labute approximate surface area is 128 Å². The van der Waals surface area contributed by atoms with Crippen molar-refractivity contribution < 1.29 is 18.0 Å². The summed E-state index contributed by atoms with van der Waals surface area (Å²) in [6.07, 6.45) is 1.54. The van der Waals surface area contributed by atoms with Crippen molar-refractivity contribution in [3.63, 3.8) is 0 Å². The minimum atomic E-state index is -3.29. The Kier molecular flexibility index (Phi) is 4.73. The van der Waals surface area contributed by atoms with E-state index < -0.39 is 9.84 Å². The summed E-state index contributed by atoms with van der Waals surface area (Å²) in [6, 6.07) is 6.40. The maximum atomic E-state index is 12.1. The molecule has 1 heterocycles. The van der Waals surface area contributed by atoms with Gasteiger partial charge in [-0.05, 0) is 24.1 Å². The first-order chi connectivity index (χ1) is 9.77. The average molecular weight is 327 g/mol. The highest BCUT2D eigenvalue weighted by Crippen LogP contribution is 2.28. The van der Waals surface area contributed by atoms with Crippen LogP contribution in [0.1, 0.15) is 13.3 Å². The topological polar surface area (TPSA) is 71.5 Å². The lowest BCUT2D eigenvalue weighted by Crippen LogP contribution is -2.25. The number of anilines is 1. The lowest BCUT2D eigenvalue weighted by atomic mass is 10.1. The second-order valence-electron chi connectivity index (χ2n) is 5.15. The summed E-state index contributed by atoms with van der Waals surface area (Å²) < 4.78 is 23.2. The zero-order chi connectivity index (χ0) is 15.6. The van der Waals surface area contributed by atoms with Gasteiger partial charge in [0.2, 0.25) is 5.91 Å². The van der Waals surface area contributed by atoms with Crippen LogP contribution in [-0.2, 0) is 19.4 Å². The van der Waals surface area contributed by atoms with Gasteiger partial charge in [0.1, 0.15) is 0 Å². The predicted molar refractivity (Wildman–Crippen MR) is 83.2 cm³/mol. The summed E-state index contributed by atoms with van der Waals surface area (Å²) in [4.78, 5) is 24.9. The van der Waals surface area contributed by atoms with Crippen molar-refractivity contribution >= 4 is 38.3 Å². The molecule has 0 aliphatic carbocycles. The number of sulfone groups is 1. The van der Waals surface area contributed by atoms with Crippen molar-refractivity contribution in [2.24, 2.45) is 5.92 Å². The molecular weight excluding hydrogens is 310 g/mol. The first kappa shape index (κ1) is 16.0. The fraction of sp³-hybridized carbons (Fsp3) is 0.429. The predicted octanol–water partition coefficient (Wildman–Crippen LogP) is 1.72. The van der Waals surface area contributed by atoms with E-state index in [9.17, 15) is 18.0 Å². The summed E-state index contributed by atoms with van der Waals surface area (Å²) >= 11 is 1.22. The third-order valence-electron chi connectivity index (χ3n) is 3.28. The minimum absolute atomic E-state index is 0.0326. The number of amides is 1. The van der Waals surface area contributed by atoms with Gasteiger partial charge in [-0.25, -0.2) is 8.42 Å². The average Bonchev–Trinajstić information content (AvgIpc) is 2.77. The lowest BCUT2D eigenvalue weighted by molar-refractivity contribution is -0.117. The summed E-state index contributed by atoms with van der Waals surface area (Å²) in [5.41, 5.74) is 0.596. The van der Waals surface area contributed by atoms with Gasteiger partial charge in [0, 0.05) is 37.6 Å². The quantitative estimate of drug-likeness (QED) is 0.842. The van der Waals surface area contributed by atoms with Gasteiger partial charge in [-0.1, -0.05) is 17.8 Å². The van der Waals surface area contributed by atoms with E-state index in [4.69, 9.17) is 0 Å². The van der Waals surface area contributed by atoms with E-state index in [0.717, 1.165) is 6.26 Å². The van der Waals surface area contributed by atoms with Crippen LogP contribution in [0.3, 0.4) is 0 Å². The number of benzene rings is 1. The summed E-state index contributed by atoms with van der Waals surface area (Å²) in [5.74, 6) is 0.701. The van der Waals surface area contributed by atoms with Crippen molar-refractivity contribution in [1.82, 2.24) is 0 Å². The van der Waals surface area contributed by atoms with Crippen LogP contribution in [0.25, 0.3) is 0 Å². The molecule has 1 aliphatic heterocycles. The van der Waals surface area contributed by atoms with Crippen LogP contribution in [0, 0.1) is 5.92 Å². The van der Waals surface area contributed by atoms with Gasteiger partial charge in [-0.2, -0.15) is 0 Å². The standard InChI is InChI=1S/C14H17NO4S2/c1-10(16)20-9-11-6-14(17)15(8-11)12-4-3-5-13(7-12)21(2,18)19/h3-5,7,11H,6,8-9H2,1-2H3. The first-order valence-electron chi connectivity index (χ1n) is 6.51. The molecule has 1 aliphatic rings. The molecule has 1 fully saturated rings. The number of thioether (sulfide) groups is 1. The number of hydrogen-bond donors (Lipinski definition) is 0. The molecule has 1 saturated heterocycles. The van der Waals surface area contributed by atoms with Gasteiger partial charge in [0.15, 0.2) is 15.0 Å². The highest BCUT2D eigenvalue weighted by atomic mass is 32.2.